The van der Waals surface area contributed by atoms with Crippen molar-refractivity contribution in [1.29, 1.82) is 0 Å². The Morgan fingerprint density at radius 2 is 1.96 bits per heavy atom. The van der Waals surface area contributed by atoms with Gasteiger partial charge in [-0.2, -0.15) is 0 Å². The number of fused-ring (bicyclic) bond motifs is 1. The smallest absolute Gasteiger partial charge is 0.325 e. The first-order valence-electron chi connectivity index (χ1n) is 9.26. The molecule has 1 fully saturated rings. The molecule has 0 unspecified atom stereocenters. The van der Waals surface area contributed by atoms with Crippen molar-refractivity contribution in [3.8, 4) is 0 Å². The molecule has 27 heavy (non-hydrogen) atoms. The van der Waals surface area contributed by atoms with Gasteiger partial charge in [0.15, 0.2) is 0 Å². The third-order valence-corrected chi connectivity index (χ3v) is 6.16. The zero-order valence-electron chi connectivity index (χ0n) is 15.1. The number of rotatable bonds is 5. The van der Waals surface area contributed by atoms with Gasteiger partial charge in [-0.1, -0.05) is 18.2 Å². The molecule has 0 aliphatic carbocycles. The van der Waals surface area contributed by atoms with E-state index in [1.165, 1.54) is 5.56 Å². The Bertz CT molecular complexity index is 912. The fraction of sp³-hybridized carbons (Fsp3) is 0.333. The van der Waals surface area contributed by atoms with Gasteiger partial charge in [-0.25, -0.2) is 0 Å². The third kappa shape index (κ3) is 4.03. The zero-order chi connectivity index (χ0) is 18.6. The fourth-order valence-electron chi connectivity index (χ4n) is 3.87. The lowest BCUT2D eigenvalue weighted by atomic mass is 10.0. The first-order valence-corrected chi connectivity index (χ1v) is 10.1. The number of benzene rings is 1. The molecule has 0 saturated carbocycles. The van der Waals surface area contributed by atoms with Gasteiger partial charge >= 0.3 is 5.97 Å². The number of carboxylic acid groups (broad SMARTS) is 1. The Morgan fingerprint density at radius 1 is 1.11 bits per heavy atom. The Hall–Kier alpha value is -2.28. The van der Waals surface area contributed by atoms with Gasteiger partial charge in [0.05, 0.1) is 0 Å². The maximum absolute atomic E-state index is 12.2. The zero-order valence-corrected chi connectivity index (χ0v) is 15.9. The number of aliphatic carboxylic acids is 1. The van der Waals surface area contributed by atoms with Gasteiger partial charge in [0.1, 0.15) is 6.04 Å². The quantitative estimate of drug-likeness (QED) is 0.731. The van der Waals surface area contributed by atoms with Gasteiger partial charge in [0, 0.05) is 43.3 Å². The van der Waals surface area contributed by atoms with E-state index < -0.39 is 12.0 Å². The monoisotopic (exact) mass is 381 g/mol. The molecule has 3 aromatic rings. The summed E-state index contributed by atoms with van der Waals surface area (Å²) in [5, 5.41) is 13.2. The second-order valence-corrected chi connectivity index (χ2v) is 7.86. The van der Waals surface area contributed by atoms with Gasteiger partial charge < -0.3 is 5.11 Å². The lowest BCUT2D eigenvalue weighted by molar-refractivity contribution is -0.143. The van der Waals surface area contributed by atoms with Crippen molar-refractivity contribution >= 4 is 27.4 Å². The van der Waals surface area contributed by atoms with Crippen LogP contribution in [0.4, 0.5) is 0 Å². The van der Waals surface area contributed by atoms with Crippen molar-refractivity contribution in [2.75, 3.05) is 26.2 Å². The van der Waals surface area contributed by atoms with Crippen molar-refractivity contribution in [1.82, 2.24) is 14.8 Å². The standard InChI is InChI=1S/C21H23N3O2S/c25-21(26)19(18-4-1-3-17-7-14-27-20(17)18)24-11-2-10-23(12-13-24)15-16-5-8-22-9-6-16/h1,3-9,14,19H,2,10-13,15H2,(H,25,26)/t19-/m0/s1. The normalized spacial score (nSPS) is 17.6. The van der Waals surface area contributed by atoms with Crippen LogP contribution in [0.3, 0.4) is 0 Å². The van der Waals surface area contributed by atoms with Crippen LogP contribution in [-0.4, -0.2) is 52.0 Å². The van der Waals surface area contributed by atoms with Gasteiger partial charge in [-0.15, -0.1) is 11.3 Å². The molecule has 1 atom stereocenters. The largest absolute Gasteiger partial charge is 0.480 e. The highest BCUT2D eigenvalue weighted by Crippen LogP contribution is 2.32. The number of hydrogen-bond donors (Lipinski definition) is 1. The first kappa shape index (κ1) is 18.1. The SMILES string of the molecule is O=C(O)[C@H](c1cccc2ccsc12)N1CCCN(Cc2ccncc2)CC1. The second kappa shape index (κ2) is 8.17. The molecule has 6 heteroatoms. The predicted octanol–water partition coefficient (Wildman–Crippen LogP) is 3.63. The van der Waals surface area contributed by atoms with Crippen LogP contribution in [0.5, 0.6) is 0 Å². The topological polar surface area (TPSA) is 56.7 Å². The van der Waals surface area contributed by atoms with E-state index in [0.717, 1.165) is 54.8 Å². The Kier molecular flexibility index (Phi) is 5.48. The molecule has 1 N–H and O–H groups in total. The number of thiophene rings is 1. The highest BCUT2D eigenvalue weighted by Gasteiger charge is 2.30. The molecule has 1 aromatic carbocycles. The van der Waals surface area contributed by atoms with Crippen LogP contribution < -0.4 is 0 Å². The molecule has 0 bridgehead atoms. The van der Waals surface area contributed by atoms with E-state index in [1.54, 1.807) is 11.3 Å². The van der Waals surface area contributed by atoms with Crippen LogP contribution in [-0.2, 0) is 11.3 Å². The lowest BCUT2D eigenvalue weighted by Crippen LogP contribution is -2.37. The van der Waals surface area contributed by atoms with Gasteiger partial charge in [0.25, 0.3) is 0 Å². The first-order chi connectivity index (χ1) is 13.2. The molecule has 1 saturated heterocycles. The van der Waals surface area contributed by atoms with Crippen LogP contribution in [0.15, 0.2) is 54.2 Å². The van der Waals surface area contributed by atoms with E-state index in [4.69, 9.17) is 0 Å². The number of aromatic nitrogens is 1. The molecule has 1 aliphatic rings. The van der Waals surface area contributed by atoms with Crippen molar-refractivity contribution in [3.63, 3.8) is 0 Å². The summed E-state index contributed by atoms with van der Waals surface area (Å²) < 4.78 is 1.09. The average Bonchev–Trinajstić information content (AvgIpc) is 3.05. The minimum absolute atomic E-state index is 0.590. The molecule has 2 aromatic heterocycles. The summed E-state index contributed by atoms with van der Waals surface area (Å²) in [6, 6.07) is 11.5. The second-order valence-electron chi connectivity index (χ2n) is 6.95. The molecule has 4 rings (SSSR count). The molecule has 0 radical (unpaired) electrons. The summed E-state index contributed by atoms with van der Waals surface area (Å²) >= 11 is 1.62. The number of pyridine rings is 1. The predicted molar refractivity (Wildman–Crippen MR) is 108 cm³/mol. The Labute approximate surface area is 162 Å². The van der Waals surface area contributed by atoms with Gasteiger partial charge in [-0.3, -0.25) is 19.6 Å². The van der Waals surface area contributed by atoms with E-state index in [9.17, 15) is 9.90 Å². The summed E-state index contributed by atoms with van der Waals surface area (Å²) in [6.07, 6.45) is 4.61. The third-order valence-electron chi connectivity index (χ3n) is 5.18. The van der Waals surface area contributed by atoms with Gasteiger partial charge in [0.2, 0.25) is 0 Å². The van der Waals surface area contributed by atoms with Crippen LogP contribution in [0.2, 0.25) is 0 Å². The van der Waals surface area contributed by atoms with Crippen LogP contribution in [0.1, 0.15) is 23.6 Å². The summed E-state index contributed by atoms with van der Waals surface area (Å²) in [7, 11) is 0. The van der Waals surface area contributed by atoms with Crippen molar-refractivity contribution < 1.29 is 9.90 Å². The Morgan fingerprint density at radius 3 is 2.78 bits per heavy atom. The number of carbonyl (C=O) groups is 1. The number of hydrogen-bond acceptors (Lipinski definition) is 5. The van der Waals surface area contributed by atoms with Crippen molar-refractivity contribution in [2.45, 2.75) is 19.0 Å². The van der Waals surface area contributed by atoms with E-state index in [-0.39, 0.29) is 0 Å². The van der Waals surface area contributed by atoms with Crippen molar-refractivity contribution in [3.05, 3.63) is 65.3 Å². The van der Waals surface area contributed by atoms with E-state index >= 15 is 0 Å². The van der Waals surface area contributed by atoms with E-state index in [0.29, 0.717) is 0 Å². The minimum Gasteiger partial charge on any atom is -0.480 e. The molecule has 0 amide bonds. The van der Waals surface area contributed by atoms with Crippen LogP contribution in [0.25, 0.3) is 10.1 Å². The highest BCUT2D eigenvalue weighted by molar-refractivity contribution is 7.17. The van der Waals surface area contributed by atoms with Gasteiger partial charge in [-0.05, 0) is 53.1 Å². The number of carboxylic acids is 1. The molecule has 5 nitrogen and oxygen atoms in total. The maximum atomic E-state index is 12.2. The lowest BCUT2D eigenvalue weighted by Gasteiger charge is -2.28. The minimum atomic E-state index is -0.765. The van der Waals surface area contributed by atoms with E-state index in [1.807, 2.05) is 48.1 Å². The molecule has 140 valence electrons. The molecule has 1 aliphatic heterocycles. The summed E-state index contributed by atoms with van der Waals surface area (Å²) in [5.74, 6) is -0.765. The summed E-state index contributed by atoms with van der Waals surface area (Å²) in [4.78, 5) is 20.8. The highest BCUT2D eigenvalue weighted by atomic mass is 32.1. The maximum Gasteiger partial charge on any atom is 0.325 e. The van der Waals surface area contributed by atoms with Crippen molar-refractivity contribution in [2.24, 2.45) is 0 Å². The van der Waals surface area contributed by atoms with Crippen LogP contribution >= 0.6 is 11.3 Å². The molecular formula is C21H23N3O2S. The molecule has 0 spiro atoms. The summed E-state index contributed by atoms with van der Waals surface area (Å²) in [6.45, 7) is 4.28. The van der Waals surface area contributed by atoms with Crippen LogP contribution in [0, 0.1) is 0 Å². The number of nitrogens with zero attached hydrogens (tertiary/aromatic N) is 3. The Balaban J connectivity index is 1.52. The van der Waals surface area contributed by atoms with E-state index in [2.05, 4.69) is 20.9 Å². The average molecular weight is 382 g/mol. The molecule has 3 heterocycles. The molecular weight excluding hydrogens is 358 g/mol. The summed E-state index contributed by atoms with van der Waals surface area (Å²) in [5.41, 5.74) is 2.16. The fourth-order valence-corrected chi connectivity index (χ4v) is 4.81.